The van der Waals surface area contributed by atoms with E-state index in [1.165, 1.54) is 0 Å². The topological polar surface area (TPSA) is 64.6 Å². The van der Waals surface area contributed by atoms with E-state index in [4.69, 9.17) is 8.85 Å². The van der Waals surface area contributed by atoms with E-state index in [-0.39, 0.29) is 11.8 Å². The predicted octanol–water partition coefficient (Wildman–Crippen LogP) is 5.03. The maximum absolute atomic E-state index is 12.6. The van der Waals surface area contributed by atoms with Crippen molar-refractivity contribution in [3.63, 3.8) is 0 Å². The third-order valence-electron chi connectivity index (χ3n) is 6.19. The Labute approximate surface area is 182 Å². The predicted molar refractivity (Wildman–Crippen MR) is 128 cm³/mol. The van der Waals surface area contributed by atoms with Gasteiger partial charge in [0, 0.05) is 52.0 Å². The van der Waals surface area contributed by atoms with E-state index in [9.17, 15) is 9.59 Å². The average Bonchev–Trinajstić information content (AvgIpc) is 2.67. The number of carbonyl (C=O) groups is 2. The number of carbonyl (C=O) groups excluding carboxylic acids is 2. The van der Waals surface area contributed by atoms with Crippen LogP contribution in [0.2, 0.25) is 38.3 Å². The Balaban J connectivity index is 4.30. The van der Waals surface area contributed by atoms with Gasteiger partial charge in [-0.25, -0.2) is 0 Å². The lowest BCUT2D eigenvalue weighted by atomic mass is 9.95. The number of hydrogen-bond acceptors (Lipinski definition) is 5. The van der Waals surface area contributed by atoms with Crippen LogP contribution in [0.1, 0.15) is 52.4 Å². The van der Waals surface area contributed by atoms with Crippen molar-refractivity contribution in [2.24, 2.45) is 11.8 Å². The molecule has 0 aliphatic heterocycles. The van der Waals surface area contributed by atoms with E-state index in [0.717, 1.165) is 37.8 Å². The first-order valence-corrected chi connectivity index (χ1v) is 17.6. The van der Waals surface area contributed by atoms with Gasteiger partial charge in [-0.1, -0.05) is 13.8 Å². The molecule has 2 atom stereocenters. The van der Waals surface area contributed by atoms with Gasteiger partial charge in [-0.05, 0) is 64.0 Å². The fourth-order valence-electron chi connectivity index (χ4n) is 3.39. The van der Waals surface area contributed by atoms with Gasteiger partial charge in [-0.3, -0.25) is 9.59 Å². The van der Waals surface area contributed by atoms with Gasteiger partial charge in [-0.15, -0.1) is 0 Å². The molecule has 0 aromatic heterocycles. The number of hydrogen-bond donors (Lipinski definition) is 1. The lowest BCUT2D eigenvalue weighted by Crippen LogP contribution is -2.34. The molecule has 2 unspecified atom stereocenters. The summed E-state index contributed by atoms with van der Waals surface area (Å²) in [6, 6.07) is 2.04. The quantitative estimate of drug-likeness (QED) is 0.300. The smallest absolute Gasteiger partial charge is 0.186 e. The van der Waals surface area contributed by atoms with Gasteiger partial charge < -0.3 is 14.2 Å². The van der Waals surface area contributed by atoms with Crippen molar-refractivity contribution >= 4 is 28.2 Å². The van der Waals surface area contributed by atoms with Crippen molar-refractivity contribution in [2.45, 2.75) is 90.6 Å². The normalized spacial score (nSPS) is 14.6. The molecule has 0 spiro atoms. The molecule has 0 heterocycles. The fraction of sp³-hybridized carbons (Fsp3) is 0.909. The highest BCUT2D eigenvalue weighted by atomic mass is 28.4. The average molecular weight is 446 g/mol. The summed E-state index contributed by atoms with van der Waals surface area (Å²) in [7, 11) is 0.386. The molecule has 0 aromatic rings. The maximum atomic E-state index is 12.6. The summed E-state index contributed by atoms with van der Waals surface area (Å²) < 4.78 is 11.1. The second-order valence-electron chi connectivity index (χ2n) is 9.44. The van der Waals surface area contributed by atoms with Gasteiger partial charge in [0.1, 0.15) is 11.6 Å². The molecule has 5 nitrogen and oxygen atoms in total. The summed E-state index contributed by atoms with van der Waals surface area (Å²) in [6.07, 6.45) is 4.79. The van der Waals surface area contributed by atoms with Crippen LogP contribution in [-0.2, 0) is 18.4 Å². The first kappa shape index (κ1) is 28.7. The standard InChI is InChI=1S/C22H47NO4Si2/c1-9-19(21(24)13-11-15-28(5,6)26-3)17-23-18-20(10-2)22(25)14-12-16-29(7,8)27-4/h19-20,23H,9-18H2,1-8H3. The van der Waals surface area contributed by atoms with Gasteiger partial charge >= 0.3 is 0 Å². The zero-order valence-electron chi connectivity index (χ0n) is 20.4. The highest BCUT2D eigenvalue weighted by Crippen LogP contribution is 2.18. The molecule has 0 bridgehead atoms. The van der Waals surface area contributed by atoms with Gasteiger partial charge in [0.25, 0.3) is 0 Å². The zero-order valence-corrected chi connectivity index (χ0v) is 22.4. The third-order valence-corrected chi connectivity index (χ3v) is 11.5. The molecule has 0 saturated heterocycles. The molecule has 1 N–H and O–H groups in total. The maximum Gasteiger partial charge on any atom is 0.186 e. The SMILES string of the molecule is CCC(CNCC(CC)C(=O)CCC[Si](C)(C)OC)C(=O)CCC[Si](C)(C)OC. The first-order valence-electron chi connectivity index (χ1n) is 11.4. The Morgan fingerprint density at radius 1 is 0.759 bits per heavy atom. The van der Waals surface area contributed by atoms with Crippen LogP contribution < -0.4 is 5.32 Å². The lowest BCUT2D eigenvalue weighted by Gasteiger charge is -2.21. The van der Waals surface area contributed by atoms with Crippen LogP contribution in [0.25, 0.3) is 0 Å². The summed E-state index contributed by atoms with van der Waals surface area (Å²) in [5, 5.41) is 3.41. The number of nitrogens with one attached hydrogen (secondary N) is 1. The molecule has 0 rings (SSSR count). The lowest BCUT2D eigenvalue weighted by molar-refractivity contribution is -0.122. The van der Waals surface area contributed by atoms with Crippen LogP contribution in [0.15, 0.2) is 0 Å². The van der Waals surface area contributed by atoms with Gasteiger partial charge in [0.2, 0.25) is 0 Å². The number of rotatable bonds is 18. The molecular weight excluding hydrogens is 398 g/mol. The summed E-state index contributed by atoms with van der Waals surface area (Å²) in [5.74, 6) is 0.769. The monoisotopic (exact) mass is 445 g/mol. The van der Waals surface area contributed by atoms with E-state index >= 15 is 0 Å². The molecule has 0 saturated carbocycles. The molecule has 0 fully saturated rings. The van der Waals surface area contributed by atoms with E-state index < -0.39 is 16.6 Å². The van der Waals surface area contributed by atoms with Crippen LogP contribution >= 0.6 is 0 Å². The Morgan fingerprint density at radius 3 is 1.38 bits per heavy atom. The van der Waals surface area contributed by atoms with E-state index in [1.807, 2.05) is 0 Å². The number of ketones is 2. The molecule has 0 amide bonds. The van der Waals surface area contributed by atoms with Gasteiger partial charge in [0.15, 0.2) is 16.6 Å². The highest BCUT2D eigenvalue weighted by Gasteiger charge is 2.24. The van der Waals surface area contributed by atoms with Crippen LogP contribution in [-0.4, -0.2) is 55.5 Å². The molecule has 0 aliphatic carbocycles. The molecule has 0 radical (unpaired) electrons. The van der Waals surface area contributed by atoms with Gasteiger partial charge in [0.05, 0.1) is 0 Å². The first-order chi connectivity index (χ1) is 13.5. The second kappa shape index (κ2) is 14.6. The van der Waals surface area contributed by atoms with Crippen molar-refractivity contribution < 1.29 is 18.4 Å². The van der Waals surface area contributed by atoms with Crippen molar-refractivity contribution in [2.75, 3.05) is 27.3 Å². The highest BCUT2D eigenvalue weighted by molar-refractivity contribution is 6.71. The molecule has 0 aliphatic rings. The minimum Gasteiger partial charge on any atom is -0.420 e. The van der Waals surface area contributed by atoms with E-state index in [0.29, 0.717) is 37.5 Å². The summed E-state index contributed by atoms with van der Waals surface area (Å²) in [5.41, 5.74) is 0. The minimum atomic E-state index is -1.58. The largest absolute Gasteiger partial charge is 0.420 e. The Kier molecular flexibility index (Phi) is 14.4. The van der Waals surface area contributed by atoms with Crippen molar-refractivity contribution in [1.82, 2.24) is 5.32 Å². The second-order valence-corrected chi connectivity index (χ2v) is 18.3. The molecule has 29 heavy (non-hydrogen) atoms. The summed E-state index contributed by atoms with van der Waals surface area (Å²) in [4.78, 5) is 25.1. The molecular formula is C22H47NO4Si2. The van der Waals surface area contributed by atoms with E-state index in [2.05, 4.69) is 45.4 Å². The third kappa shape index (κ3) is 12.8. The summed E-state index contributed by atoms with van der Waals surface area (Å²) >= 11 is 0. The van der Waals surface area contributed by atoms with Crippen molar-refractivity contribution in [3.05, 3.63) is 0 Å². The van der Waals surface area contributed by atoms with E-state index in [1.54, 1.807) is 14.2 Å². The fourth-order valence-corrected chi connectivity index (χ4v) is 5.86. The number of Topliss-reactive ketones (excluding diaryl/α,β-unsaturated/α-hetero) is 2. The van der Waals surface area contributed by atoms with Crippen LogP contribution in [0.3, 0.4) is 0 Å². The van der Waals surface area contributed by atoms with Crippen LogP contribution in [0, 0.1) is 11.8 Å². The van der Waals surface area contributed by atoms with Crippen LogP contribution in [0.4, 0.5) is 0 Å². The summed E-state index contributed by atoms with van der Waals surface area (Å²) in [6.45, 7) is 14.3. The molecule has 7 heteroatoms. The zero-order chi connectivity index (χ0) is 22.5. The molecule has 0 aromatic carbocycles. The molecule has 172 valence electrons. The van der Waals surface area contributed by atoms with Crippen LogP contribution in [0.5, 0.6) is 0 Å². The Bertz CT molecular complexity index is 441. The van der Waals surface area contributed by atoms with Gasteiger partial charge in [-0.2, -0.15) is 0 Å². The Hall–Kier alpha value is -0.346. The minimum absolute atomic E-state index is 0.0448. The van der Waals surface area contributed by atoms with Crippen molar-refractivity contribution in [1.29, 1.82) is 0 Å². The Morgan fingerprint density at radius 2 is 1.10 bits per heavy atom. The van der Waals surface area contributed by atoms with Crippen molar-refractivity contribution in [3.8, 4) is 0 Å².